The molecule has 4 rings (SSSR count). The van der Waals surface area contributed by atoms with E-state index in [0.717, 1.165) is 33.3 Å². The number of hydrogen-bond acceptors (Lipinski definition) is 3. The number of fused-ring (bicyclic) bond motifs is 1. The van der Waals surface area contributed by atoms with Crippen molar-refractivity contribution < 1.29 is 9.59 Å². The largest absolute Gasteiger partial charge is 0.338 e. The maximum absolute atomic E-state index is 13.5. The molecule has 30 heavy (non-hydrogen) atoms. The van der Waals surface area contributed by atoms with E-state index in [-0.39, 0.29) is 11.7 Å². The van der Waals surface area contributed by atoms with Crippen molar-refractivity contribution in [2.24, 2.45) is 0 Å². The van der Waals surface area contributed by atoms with Crippen LogP contribution in [0.4, 0.5) is 0 Å². The minimum Gasteiger partial charge on any atom is -0.338 e. The van der Waals surface area contributed by atoms with E-state index in [1.54, 1.807) is 0 Å². The van der Waals surface area contributed by atoms with E-state index in [4.69, 9.17) is 4.98 Å². The van der Waals surface area contributed by atoms with Gasteiger partial charge in [-0.05, 0) is 31.0 Å². The van der Waals surface area contributed by atoms with E-state index in [1.165, 1.54) is 6.92 Å². The van der Waals surface area contributed by atoms with Crippen LogP contribution in [0.25, 0.3) is 22.2 Å². The van der Waals surface area contributed by atoms with Crippen LogP contribution in [0, 0.1) is 6.92 Å². The van der Waals surface area contributed by atoms with Crippen LogP contribution in [0.2, 0.25) is 0 Å². The van der Waals surface area contributed by atoms with Crippen LogP contribution in [0.15, 0.2) is 84.9 Å². The summed E-state index contributed by atoms with van der Waals surface area (Å²) in [6.45, 7) is 3.40. The molecular formula is C26H22N2O2. The SMILES string of the molecule is CC(=O)[C@H](NC(=O)c1c(C)c(-c2ccccc2)nc2ccccc12)c1ccccc1. The Morgan fingerprint density at radius 3 is 2.10 bits per heavy atom. The fraction of sp³-hybridized carbons (Fsp3) is 0.115. The molecule has 0 saturated heterocycles. The van der Waals surface area contributed by atoms with Gasteiger partial charge in [0.05, 0.1) is 16.8 Å². The Kier molecular flexibility index (Phi) is 5.40. The van der Waals surface area contributed by atoms with Crippen molar-refractivity contribution in [3.63, 3.8) is 0 Å². The number of para-hydroxylation sites is 1. The summed E-state index contributed by atoms with van der Waals surface area (Å²) in [5.74, 6) is -0.402. The number of aromatic nitrogens is 1. The molecule has 0 saturated carbocycles. The average Bonchev–Trinajstić information content (AvgIpc) is 2.78. The van der Waals surface area contributed by atoms with Gasteiger partial charge in [-0.3, -0.25) is 9.59 Å². The third kappa shape index (κ3) is 3.72. The third-order valence-corrected chi connectivity index (χ3v) is 5.22. The van der Waals surface area contributed by atoms with Gasteiger partial charge < -0.3 is 5.32 Å². The molecule has 0 aliphatic heterocycles. The van der Waals surface area contributed by atoms with Crippen LogP contribution in [-0.4, -0.2) is 16.7 Å². The normalized spacial score (nSPS) is 11.8. The predicted octanol–water partition coefficient (Wildman–Crippen LogP) is 5.27. The number of nitrogens with zero attached hydrogens (tertiary/aromatic N) is 1. The molecule has 0 aliphatic carbocycles. The molecule has 1 amide bonds. The summed E-state index contributed by atoms with van der Waals surface area (Å²) in [6, 6.07) is 26.0. The molecule has 1 aromatic heterocycles. The van der Waals surface area contributed by atoms with Gasteiger partial charge in [-0.15, -0.1) is 0 Å². The zero-order chi connectivity index (χ0) is 21.1. The molecule has 4 nitrogen and oxygen atoms in total. The Hall–Kier alpha value is -3.79. The van der Waals surface area contributed by atoms with E-state index in [0.29, 0.717) is 5.56 Å². The lowest BCUT2D eigenvalue weighted by atomic mass is 9.96. The van der Waals surface area contributed by atoms with Crippen molar-refractivity contribution >= 4 is 22.6 Å². The summed E-state index contributed by atoms with van der Waals surface area (Å²) in [6.07, 6.45) is 0. The number of rotatable bonds is 5. The lowest BCUT2D eigenvalue weighted by Crippen LogP contribution is -2.33. The first-order chi connectivity index (χ1) is 14.6. The van der Waals surface area contributed by atoms with Crippen molar-refractivity contribution in [1.29, 1.82) is 0 Å². The topological polar surface area (TPSA) is 59.1 Å². The van der Waals surface area contributed by atoms with Crippen molar-refractivity contribution in [3.05, 3.63) is 102 Å². The molecular weight excluding hydrogens is 372 g/mol. The van der Waals surface area contributed by atoms with Crippen molar-refractivity contribution in [1.82, 2.24) is 10.3 Å². The molecule has 0 unspecified atom stereocenters. The van der Waals surface area contributed by atoms with Gasteiger partial charge >= 0.3 is 0 Å². The maximum atomic E-state index is 13.5. The zero-order valence-electron chi connectivity index (χ0n) is 16.9. The van der Waals surface area contributed by atoms with Gasteiger partial charge in [0.25, 0.3) is 5.91 Å². The number of ketones is 1. The molecule has 0 fully saturated rings. The minimum atomic E-state index is -0.704. The molecule has 0 radical (unpaired) electrons. The van der Waals surface area contributed by atoms with E-state index >= 15 is 0 Å². The van der Waals surface area contributed by atoms with E-state index in [9.17, 15) is 9.59 Å². The molecule has 4 aromatic rings. The number of nitrogens with one attached hydrogen (secondary N) is 1. The summed E-state index contributed by atoms with van der Waals surface area (Å²) in [4.78, 5) is 30.6. The molecule has 1 heterocycles. The summed E-state index contributed by atoms with van der Waals surface area (Å²) in [5.41, 5.74) is 4.54. The molecule has 1 N–H and O–H groups in total. The highest BCUT2D eigenvalue weighted by molar-refractivity contribution is 6.10. The summed E-state index contributed by atoms with van der Waals surface area (Å²) < 4.78 is 0. The summed E-state index contributed by atoms with van der Waals surface area (Å²) >= 11 is 0. The predicted molar refractivity (Wildman–Crippen MR) is 119 cm³/mol. The smallest absolute Gasteiger partial charge is 0.253 e. The Morgan fingerprint density at radius 2 is 1.43 bits per heavy atom. The molecule has 0 bridgehead atoms. The van der Waals surface area contributed by atoms with Crippen molar-refractivity contribution in [2.45, 2.75) is 19.9 Å². The molecule has 4 heteroatoms. The number of benzene rings is 3. The van der Waals surface area contributed by atoms with Crippen LogP contribution in [0.1, 0.15) is 34.5 Å². The number of amides is 1. The first-order valence-electron chi connectivity index (χ1n) is 9.87. The van der Waals surface area contributed by atoms with Crippen LogP contribution >= 0.6 is 0 Å². The van der Waals surface area contributed by atoms with Gasteiger partial charge in [0.1, 0.15) is 6.04 Å². The lowest BCUT2D eigenvalue weighted by Gasteiger charge is -2.19. The highest BCUT2D eigenvalue weighted by atomic mass is 16.2. The molecule has 1 atom stereocenters. The van der Waals surface area contributed by atoms with Gasteiger partial charge in [-0.2, -0.15) is 0 Å². The first kappa shape index (κ1) is 19.5. The van der Waals surface area contributed by atoms with E-state index < -0.39 is 6.04 Å². The fourth-order valence-corrected chi connectivity index (χ4v) is 3.75. The highest BCUT2D eigenvalue weighted by Crippen LogP contribution is 2.30. The van der Waals surface area contributed by atoms with Crippen molar-refractivity contribution in [2.75, 3.05) is 0 Å². The highest BCUT2D eigenvalue weighted by Gasteiger charge is 2.24. The fourth-order valence-electron chi connectivity index (χ4n) is 3.75. The maximum Gasteiger partial charge on any atom is 0.253 e. The Morgan fingerprint density at radius 1 is 0.833 bits per heavy atom. The summed E-state index contributed by atoms with van der Waals surface area (Å²) in [7, 11) is 0. The lowest BCUT2D eigenvalue weighted by molar-refractivity contribution is -0.118. The van der Waals surface area contributed by atoms with Crippen LogP contribution in [-0.2, 0) is 4.79 Å². The van der Waals surface area contributed by atoms with Gasteiger partial charge in [0.15, 0.2) is 5.78 Å². The quantitative estimate of drug-likeness (QED) is 0.502. The Labute approximate surface area is 175 Å². The first-order valence-corrected chi connectivity index (χ1v) is 9.87. The molecule has 148 valence electrons. The monoisotopic (exact) mass is 394 g/mol. The number of carbonyl (C=O) groups excluding carboxylic acids is 2. The third-order valence-electron chi connectivity index (χ3n) is 5.22. The average molecular weight is 394 g/mol. The minimum absolute atomic E-state index is 0.117. The standard InChI is InChI=1S/C26H22N2O2/c1-17-23(26(30)28-25(18(2)29)20-13-7-4-8-14-20)21-15-9-10-16-22(21)27-24(17)19-11-5-3-6-12-19/h3-16,25H,1-2H3,(H,28,30)/t25-/m0/s1. The summed E-state index contributed by atoms with van der Waals surface area (Å²) in [5, 5.41) is 3.71. The molecule has 0 spiro atoms. The van der Waals surface area contributed by atoms with Crippen molar-refractivity contribution in [3.8, 4) is 11.3 Å². The van der Waals surface area contributed by atoms with E-state index in [1.807, 2.05) is 91.9 Å². The number of Topliss-reactive ketones (excluding diaryl/α,β-unsaturated/α-hetero) is 1. The van der Waals surface area contributed by atoms with Gasteiger partial charge in [-0.1, -0.05) is 78.9 Å². The van der Waals surface area contributed by atoms with Crippen LogP contribution in [0.3, 0.4) is 0 Å². The second-order valence-electron chi connectivity index (χ2n) is 7.27. The van der Waals surface area contributed by atoms with Gasteiger partial charge in [-0.25, -0.2) is 4.98 Å². The van der Waals surface area contributed by atoms with Gasteiger partial charge in [0, 0.05) is 10.9 Å². The van der Waals surface area contributed by atoms with E-state index in [2.05, 4.69) is 5.32 Å². The number of pyridine rings is 1. The molecule has 3 aromatic carbocycles. The Bertz CT molecular complexity index is 1220. The zero-order valence-corrected chi connectivity index (χ0v) is 16.9. The van der Waals surface area contributed by atoms with Gasteiger partial charge in [0.2, 0.25) is 0 Å². The second-order valence-corrected chi connectivity index (χ2v) is 7.27. The Balaban J connectivity index is 1.84. The molecule has 0 aliphatic rings. The van der Waals surface area contributed by atoms with Crippen LogP contribution < -0.4 is 5.32 Å². The number of hydrogen-bond donors (Lipinski definition) is 1. The second kappa shape index (κ2) is 8.29. The number of carbonyl (C=O) groups is 2. The van der Waals surface area contributed by atoms with Crippen LogP contribution in [0.5, 0.6) is 0 Å².